The number of nitrogens with zero attached hydrogens (tertiary/aromatic N) is 1. The molecule has 3 amide bonds. The van der Waals surface area contributed by atoms with Gasteiger partial charge in [0, 0.05) is 0 Å². The number of fused-ring (bicyclic) bond motifs is 1. The molecule has 2 atom stereocenters. The van der Waals surface area contributed by atoms with E-state index in [2.05, 4.69) is 5.32 Å². The number of amides is 3. The molecular formula is C12H20N2O3. The van der Waals surface area contributed by atoms with Gasteiger partial charge in [0.25, 0.3) is 0 Å². The minimum atomic E-state index is -0.565. The topological polar surface area (TPSA) is 58.6 Å². The summed E-state index contributed by atoms with van der Waals surface area (Å²) in [5, 5.41) is 2.86. The first-order valence-electron chi connectivity index (χ1n) is 6.21. The number of hydrogen-bond donors (Lipinski definition) is 1. The number of hydrogen-bond acceptors (Lipinski definition) is 3. The van der Waals surface area contributed by atoms with Gasteiger partial charge in [0.2, 0.25) is 0 Å². The third-order valence-electron chi connectivity index (χ3n) is 3.18. The minimum Gasteiger partial charge on any atom is -0.443 e. The third-order valence-corrected chi connectivity index (χ3v) is 3.18. The van der Waals surface area contributed by atoms with Crippen molar-refractivity contribution in [3.8, 4) is 0 Å². The van der Waals surface area contributed by atoms with Crippen molar-refractivity contribution in [2.75, 3.05) is 0 Å². The van der Waals surface area contributed by atoms with Gasteiger partial charge in [0.05, 0.1) is 12.1 Å². The van der Waals surface area contributed by atoms with E-state index in [0.29, 0.717) is 0 Å². The Kier molecular flexibility index (Phi) is 3.02. The number of carbonyl (C=O) groups is 2. The van der Waals surface area contributed by atoms with Crippen molar-refractivity contribution >= 4 is 12.1 Å². The number of rotatable bonds is 0. The van der Waals surface area contributed by atoms with Crippen molar-refractivity contribution in [2.45, 2.75) is 64.1 Å². The standard InChI is InChI=1S/C12H20N2O3/c1-12(2,3)17-11(16)14-9-7-5-4-6-8(9)13-10(14)15/h8-9H,4-7H2,1-3H3,(H,13,15)/t8-,9+/m0/s1. The second kappa shape index (κ2) is 4.20. The molecule has 96 valence electrons. The lowest BCUT2D eigenvalue weighted by atomic mass is 9.91. The summed E-state index contributed by atoms with van der Waals surface area (Å²) in [6, 6.07) is -0.217. The van der Waals surface area contributed by atoms with Gasteiger partial charge in [-0.15, -0.1) is 0 Å². The molecule has 1 aliphatic carbocycles. The monoisotopic (exact) mass is 240 g/mol. The summed E-state index contributed by atoms with van der Waals surface area (Å²) in [5.74, 6) is 0. The highest BCUT2D eigenvalue weighted by Gasteiger charge is 2.45. The van der Waals surface area contributed by atoms with Crippen molar-refractivity contribution in [1.82, 2.24) is 10.2 Å². The molecule has 1 saturated carbocycles. The zero-order valence-electron chi connectivity index (χ0n) is 10.7. The lowest BCUT2D eigenvalue weighted by Crippen LogP contribution is -2.44. The quantitative estimate of drug-likeness (QED) is 0.706. The molecule has 1 heterocycles. The van der Waals surface area contributed by atoms with E-state index < -0.39 is 11.7 Å². The van der Waals surface area contributed by atoms with E-state index in [9.17, 15) is 9.59 Å². The first-order chi connectivity index (χ1) is 7.88. The molecule has 2 fully saturated rings. The largest absolute Gasteiger partial charge is 0.443 e. The number of nitrogens with one attached hydrogen (secondary N) is 1. The van der Waals surface area contributed by atoms with E-state index in [1.807, 2.05) is 0 Å². The molecule has 5 heteroatoms. The van der Waals surface area contributed by atoms with Gasteiger partial charge in [0.15, 0.2) is 0 Å². The van der Waals surface area contributed by atoms with Crippen LogP contribution >= 0.6 is 0 Å². The lowest BCUT2D eigenvalue weighted by molar-refractivity contribution is 0.0270. The summed E-state index contributed by atoms with van der Waals surface area (Å²) in [4.78, 5) is 25.0. The van der Waals surface area contributed by atoms with E-state index in [4.69, 9.17) is 4.74 Å². The lowest BCUT2D eigenvalue weighted by Gasteiger charge is -2.30. The summed E-state index contributed by atoms with van der Waals surface area (Å²) < 4.78 is 5.27. The van der Waals surface area contributed by atoms with Gasteiger partial charge in [-0.2, -0.15) is 0 Å². The Labute approximate surface area is 101 Å². The number of carbonyl (C=O) groups excluding carboxylic acids is 2. The fraction of sp³-hybridized carbons (Fsp3) is 0.833. The Balaban J connectivity index is 2.09. The van der Waals surface area contributed by atoms with Crippen molar-refractivity contribution in [3.05, 3.63) is 0 Å². The summed E-state index contributed by atoms with van der Waals surface area (Å²) >= 11 is 0. The van der Waals surface area contributed by atoms with E-state index in [1.165, 1.54) is 4.90 Å². The van der Waals surface area contributed by atoms with Crippen molar-refractivity contribution < 1.29 is 14.3 Å². The molecule has 0 bridgehead atoms. The first-order valence-corrected chi connectivity index (χ1v) is 6.21. The van der Waals surface area contributed by atoms with Crippen LogP contribution in [0.4, 0.5) is 9.59 Å². The molecule has 0 aromatic carbocycles. The molecule has 5 nitrogen and oxygen atoms in total. The third kappa shape index (κ3) is 2.53. The molecule has 0 aromatic heterocycles. The fourth-order valence-electron chi connectivity index (χ4n) is 2.50. The highest BCUT2D eigenvalue weighted by Crippen LogP contribution is 2.29. The zero-order valence-corrected chi connectivity index (χ0v) is 10.7. The molecule has 1 N–H and O–H groups in total. The predicted octanol–water partition coefficient (Wildman–Crippen LogP) is 2.26. The van der Waals surface area contributed by atoms with Crippen LogP contribution < -0.4 is 5.32 Å². The summed E-state index contributed by atoms with van der Waals surface area (Å²) in [7, 11) is 0. The molecule has 0 radical (unpaired) electrons. The van der Waals surface area contributed by atoms with Crippen molar-refractivity contribution in [1.29, 1.82) is 0 Å². The summed E-state index contributed by atoms with van der Waals surface area (Å²) in [5.41, 5.74) is -0.565. The van der Waals surface area contributed by atoms with Crippen LogP contribution in [0.1, 0.15) is 46.5 Å². The summed E-state index contributed by atoms with van der Waals surface area (Å²) in [6.45, 7) is 5.41. The van der Waals surface area contributed by atoms with Gasteiger partial charge in [-0.1, -0.05) is 12.8 Å². The van der Waals surface area contributed by atoms with E-state index >= 15 is 0 Å². The Hall–Kier alpha value is -1.26. The van der Waals surface area contributed by atoms with E-state index in [-0.39, 0.29) is 18.1 Å². The number of urea groups is 1. The first kappa shape index (κ1) is 12.2. The van der Waals surface area contributed by atoms with Crippen LogP contribution in [0, 0.1) is 0 Å². The molecular weight excluding hydrogens is 220 g/mol. The average Bonchev–Trinajstić information content (AvgIpc) is 2.50. The van der Waals surface area contributed by atoms with Gasteiger partial charge in [-0.3, -0.25) is 0 Å². The van der Waals surface area contributed by atoms with E-state index in [0.717, 1.165) is 25.7 Å². The molecule has 0 aromatic rings. The molecule has 1 saturated heterocycles. The van der Waals surface area contributed by atoms with Crippen molar-refractivity contribution in [2.24, 2.45) is 0 Å². The molecule has 1 aliphatic heterocycles. The fourth-order valence-corrected chi connectivity index (χ4v) is 2.50. The van der Waals surface area contributed by atoms with E-state index in [1.54, 1.807) is 20.8 Å². The SMILES string of the molecule is CC(C)(C)OC(=O)N1C(=O)N[C@H]2CCCC[C@H]21. The average molecular weight is 240 g/mol. The Bertz CT molecular complexity index is 335. The Morgan fingerprint density at radius 2 is 2.00 bits per heavy atom. The van der Waals surface area contributed by atoms with Crippen LogP contribution in [0.25, 0.3) is 0 Å². The Morgan fingerprint density at radius 1 is 1.35 bits per heavy atom. The van der Waals surface area contributed by atoms with Gasteiger partial charge in [0.1, 0.15) is 5.60 Å². The maximum atomic E-state index is 12.0. The van der Waals surface area contributed by atoms with Crippen molar-refractivity contribution in [3.63, 3.8) is 0 Å². The maximum absolute atomic E-state index is 12.0. The van der Waals surface area contributed by atoms with Gasteiger partial charge in [-0.25, -0.2) is 14.5 Å². The molecule has 2 rings (SSSR count). The number of imide groups is 1. The van der Waals surface area contributed by atoms with Crippen LogP contribution in [-0.2, 0) is 4.74 Å². The summed E-state index contributed by atoms with van der Waals surface area (Å²) in [6.07, 6.45) is 3.49. The molecule has 2 aliphatic rings. The van der Waals surface area contributed by atoms with Gasteiger partial charge in [-0.05, 0) is 33.6 Å². The molecule has 0 unspecified atom stereocenters. The number of ether oxygens (including phenoxy) is 1. The highest BCUT2D eigenvalue weighted by atomic mass is 16.6. The van der Waals surface area contributed by atoms with Gasteiger partial charge >= 0.3 is 12.1 Å². The van der Waals surface area contributed by atoms with Crippen LogP contribution in [0.5, 0.6) is 0 Å². The minimum absolute atomic E-state index is 0.0221. The predicted molar refractivity (Wildman–Crippen MR) is 62.6 cm³/mol. The van der Waals surface area contributed by atoms with Crippen LogP contribution in [0.3, 0.4) is 0 Å². The zero-order chi connectivity index (χ0) is 12.6. The molecule has 17 heavy (non-hydrogen) atoms. The van der Waals surface area contributed by atoms with Gasteiger partial charge < -0.3 is 10.1 Å². The smallest absolute Gasteiger partial charge is 0.418 e. The second-order valence-corrected chi connectivity index (χ2v) is 5.76. The Morgan fingerprint density at radius 3 is 2.65 bits per heavy atom. The van der Waals surface area contributed by atoms with Crippen LogP contribution in [-0.4, -0.2) is 34.7 Å². The normalized spacial score (nSPS) is 28.6. The maximum Gasteiger partial charge on any atom is 0.418 e. The molecule has 0 spiro atoms. The van der Waals surface area contributed by atoms with Crippen LogP contribution in [0.15, 0.2) is 0 Å². The van der Waals surface area contributed by atoms with Crippen LogP contribution in [0.2, 0.25) is 0 Å². The second-order valence-electron chi connectivity index (χ2n) is 5.76. The highest BCUT2D eigenvalue weighted by molar-refractivity contribution is 5.93.